The van der Waals surface area contributed by atoms with Crippen molar-refractivity contribution in [2.75, 3.05) is 0 Å². The first-order valence-electron chi connectivity index (χ1n) is 6.47. The number of aldehydes is 1. The minimum atomic E-state index is -0.0337. The Morgan fingerprint density at radius 1 is 1.28 bits per heavy atom. The summed E-state index contributed by atoms with van der Waals surface area (Å²) in [5.74, 6) is 0.193. The Kier molecular flexibility index (Phi) is 4.08. The Bertz CT molecular complexity index is 463. The van der Waals surface area contributed by atoms with Gasteiger partial charge in [0.1, 0.15) is 6.29 Å². The van der Waals surface area contributed by atoms with Crippen molar-refractivity contribution in [1.29, 1.82) is 0 Å². The molecular weight excluding hydrogens is 224 g/mol. The molecule has 0 bridgehead atoms. The van der Waals surface area contributed by atoms with Gasteiger partial charge in [0.05, 0.1) is 0 Å². The summed E-state index contributed by atoms with van der Waals surface area (Å²) in [7, 11) is 0. The van der Waals surface area contributed by atoms with Crippen LogP contribution in [0, 0.1) is 11.8 Å². The van der Waals surface area contributed by atoms with E-state index < -0.39 is 0 Å². The van der Waals surface area contributed by atoms with Gasteiger partial charge in [0.25, 0.3) is 0 Å². The maximum absolute atomic E-state index is 12.3. The van der Waals surface area contributed by atoms with Gasteiger partial charge in [-0.1, -0.05) is 43.4 Å². The molecule has 0 aliphatic heterocycles. The fourth-order valence-electron chi connectivity index (χ4n) is 2.27. The number of hydrogen-bond donors (Lipinski definition) is 0. The molecule has 2 rings (SSSR count). The van der Waals surface area contributed by atoms with Gasteiger partial charge in [-0.25, -0.2) is 0 Å². The molecule has 0 amide bonds. The van der Waals surface area contributed by atoms with Crippen molar-refractivity contribution < 1.29 is 9.59 Å². The summed E-state index contributed by atoms with van der Waals surface area (Å²) < 4.78 is 0. The topological polar surface area (TPSA) is 34.1 Å². The third-order valence-electron chi connectivity index (χ3n) is 3.51. The zero-order valence-corrected chi connectivity index (χ0v) is 10.6. The van der Waals surface area contributed by atoms with Crippen molar-refractivity contribution in [3.63, 3.8) is 0 Å². The molecule has 0 spiro atoms. The largest absolute Gasteiger partial charge is 0.303 e. The van der Waals surface area contributed by atoms with Crippen molar-refractivity contribution in [1.82, 2.24) is 0 Å². The molecule has 94 valence electrons. The lowest BCUT2D eigenvalue weighted by Gasteiger charge is -2.19. The first kappa shape index (κ1) is 12.7. The van der Waals surface area contributed by atoms with E-state index in [4.69, 9.17) is 0 Å². The lowest BCUT2D eigenvalue weighted by atomic mass is 9.84. The molecule has 0 heterocycles. The highest BCUT2D eigenvalue weighted by molar-refractivity contribution is 6.12. The number of allylic oxidation sites excluding steroid dienone is 8. The highest BCUT2D eigenvalue weighted by Crippen LogP contribution is 2.25. The molecule has 2 aliphatic carbocycles. The van der Waals surface area contributed by atoms with Crippen molar-refractivity contribution in [3.8, 4) is 0 Å². The molecular formula is C16H18O2. The van der Waals surface area contributed by atoms with Gasteiger partial charge in [0.15, 0.2) is 5.78 Å². The molecule has 0 aromatic carbocycles. The highest BCUT2D eigenvalue weighted by atomic mass is 16.1. The van der Waals surface area contributed by atoms with E-state index in [1.165, 1.54) is 0 Å². The van der Waals surface area contributed by atoms with Crippen LogP contribution in [0.15, 0.2) is 47.6 Å². The van der Waals surface area contributed by atoms with E-state index in [1.807, 2.05) is 43.4 Å². The average Bonchev–Trinajstić information content (AvgIpc) is 2.46. The predicted molar refractivity (Wildman–Crippen MR) is 72.0 cm³/mol. The lowest BCUT2D eigenvalue weighted by molar-refractivity contribution is -0.113. The highest BCUT2D eigenvalue weighted by Gasteiger charge is 2.20. The van der Waals surface area contributed by atoms with Gasteiger partial charge in [0, 0.05) is 17.1 Å². The van der Waals surface area contributed by atoms with Crippen LogP contribution in [0.5, 0.6) is 0 Å². The SMILES string of the molecule is CC(C=O)C1C=C(C(=O)C2=CCCC=C2)C=CC1. The molecule has 2 atom stereocenters. The second-order valence-corrected chi connectivity index (χ2v) is 4.89. The smallest absolute Gasteiger partial charge is 0.192 e. The number of ketones is 1. The summed E-state index contributed by atoms with van der Waals surface area (Å²) in [4.78, 5) is 23.1. The fraction of sp³-hybridized carbons (Fsp3) is 0.375. The summed E-state index contributed by atoms with van der Waals surface area (Å²) >= 11 is 0. The summed E-state index contributed by atoms with van der Waals surface area (Å²) in [6.45, 7) is 1.90. The fourth-order valence-corrected chi connectivity index (χ4v) is 2.27. The molecule has 2 heteroatoms. The van der Waals surface area contributed by atoms with Crippen LogP contribution in [0.25, 0.3) is 0 Å². The summed E-state index contributed by atoms with van der Waals surface area (Å²) in [5.41, 5.74) is 1.49. The van der Waals surface area contributed by atoms with Gasteiger partial charge in [-0.2, -0.15) is 0 Å². The number of carbonyl (C=O) groups is 2. The molecule has 0 aromatic rings. The summed E-state index contributed by atoms with van der Waals surface area (Å²) in [5, 5.41) is 0. The van der Waals surface area contributed by atoms with E-state index >= 15 is 0 Å². The zero-order chi connectivity index (χ0) is 13.0. The first-order valence-corrected chi connectivity index (χ1v) is 6.47. The van der Waals surface area contributed by atoms with Crippen molar-refractivity contribution in [2.24, 2.45) is 11.8 Å². The quantitative estimate of drug-likeness (QED) is 0.710. The van der Waals surface area contributed by atoms with Gasteiger partial charge in [0.2, 0.25) is 0 Å². The predicted octanol–water partition coefficient (Wildman–Crippen LogP) is 3.17. The normalized spacial score (nSPS) is 24.2. The van der Waals surface area contributed by atoms with Gasteiger partial charge in [-0.15, -0.1) is 0 Å². The molecule has 0 aromatic heterocycles. The van der Waals surface area contributed by atoms with Crippen LogP contribution >= 0.6 is 0 Å². The third kappa shape index (κ3) is 2.76. The Hall–Kier alpha value is -1.70. The minimum absolute atomic E-state index is 0.0337. The molecule has 2 aliphatic rings. The molecule has 0 saturated carbocycles. The molecule has 0 fully saturated rings. The van der Waals surface area contributed by atoms with Gasteiger partial charge >= 0.3 is 0 Å². The molecule has 2 nitrogen and oxygen atoms in total. The van der Waals surface area contributed by atoms with Crippen LogP contribution in [-0.4, -0.2) is 12.1 Å². The van der Waals surface area contributed by atoms with Crippen molar-refractivity contribution in [2.45, 2.75) is 26.2 Å². The molecule has 0 saturated heterocycles. The van der Waals surface area contributed by atoms with Crippen LogP contribution < -0.4 is 0 Å². The Labute approximate surface area is 108 Å². The van der Waals surface area contributed by atoms with Crippen molar-refractivity contribution >= 4 is 12.1 Å². The van der Waals surface area contributed by atoms with Gasteiger partial charge < -0.3 is 4.79 Å². The van der Waals surface area contributed by atoms with Crippen molar-refractivity contribution in [3.05, 3.63) is 47.6 Å². The lowest BCUT2D eigenvalue weighted by Crippen LogP contribution is -2.15. The third-order valence-corrected chi connectivity index (χ3v) is 3.51. The minimum Gasteiger partial charge on any atom is -0.303 e. The molecule has 2 unspecified atom stereocenters. The Morgan fingerprint density at radius 2 is 2.06 bits per heavy atom. The summed E-state index contributed by atoms with van der Waals surface area (Å²) in [6.07, 6.45) is 15.5. The Morgan fingerprint density at radius 3 is 2.72 bits per heavy atom. The van der Waals surface area contributed by atoms with E-state index in [9.17, 15) is 9.59 Å². The molecule has 0 radical (unpaired) electrons. The van der Waals surface area contributed by atoms with Crippen LogP contribution in [0.4, 0.5) is 0 Å². The van der Waals surface area contributed by atoms with Gasteiger partial charge in [-0.3, -0.25) is 4.79 Å². The standard InChI is InChI=1S/C16H18O2/c1-12(11-17)14-8-5-9-15(10-14)16(18)13-6-3-2-4-7-13/h3,5-7,9-12,14H,2,4,8H2,1H3. The summed E-state index contributed by atoms with van der Waals surface area (Å²) in [6, 6.07) is 0. The van der Waals surface area contributed by atoms with Crippen LogP contribution in [0.2, 0.25) is 0 Å². The maximum Gasteiger partial charge on any atom is 0.192 e. The number of Topliss-reactive ketones (excluding diaryl/α,β-unsaturated/α-hetero) is 1. The zero-order valence-electron chi connectivity index (χ0n) is 10.6. The van der Waals surface area contributed by atoms with Crippen LogP contribution in [-0.2, 0) is 9.59 Å². The maximum atomic E-state index is 12.3. The van der Waals surface area contributed by atoms with E-state index in [0.717, 1.165) is 36.7 Å². The van der Waals surface area contributed by atoms with E-state index in [2.05, 4.69) is 0 Å². The van der Waals surface area contributed by atoms with E-state index in [1.54, 1.807) is 0 Å². The second-order valence-electron chi connectivity index (χ2n) is 4.89. The monoisotopic (exact) mass is 242 g/mol. The van der Waals surface area contributed by atoms with E-state index in [-0.39, 0.29) is 17.6 Å². The van der Waals surface area contributed by atoms with E-state index in [0.29, 0.717) is 0 Å². The number of hydrogen-bond acceptors (Lipinski definition) is 2. The second kappa shape index (κ2) is 5.76. The average molecular weight is 242 g/mol. The van der Waals surface area contributed by atoms with Gasteiger partial charge in [-0.05, 0) is 25.2 Å². The number of rotatable bonds is 4. The number of carbonyl (C=O) groups excluding carboxylic acids is 2. The van der Waals surface area contributed by atoms with Crippen LogP contribution in [0.3, 0.4) is 0 Å². The molecule has 0 N–H and O–H groups in total. The van der Waals surface area contributed by atoms with Crippen LogP contribution in [0.1, 0.15) is 26.2 Å². The Balaban J connectivity index is 2.17. The first-order chi connectivity index (χ1) is 8.72. The molecule has 18 heavy (non-hydrogen) atoms.